The van der Waals surface area contributed by atoms with Crippen molar-refractivity contribution in [1.82, 2.24) is 0 Å². The molecule has 3 heteroatoms. The molecule has 0 rings (SSSR count). The molecule has 0 unspecified atom stereocenters. The van der Waals surface area contributed by atoms with Gasteiger partial charge in [0.2, 0.25) is 0 Å². The average molecular weight is 147 g/mol. The summed E-state index contributed by atoms with van der Waals surface area (Å²) in [6.45, 7) is 3.78. The van der Waals surface area contributed by atoms with Crippen LogP contribution >= 0.6 is 0 Å². The summed E-state index contributed by atoms with van der Waals surface area (Å²) in [7, 11) is 8.50. The Morgan fingerprint density at radius 1 is 1.40 bits per heavy atom. The maximum absolute atomic E-state index is 4.57. The fourth-order valence-electron chi connectivity index (χ4n) is 0.0680. The Hall–Kier alpha value is -0.380. The van der Waals surface area contributed by atoms with E-state index in [2.05, 4.69) is 45.5 Å². The van der Waals surface area contributed by atoms with Gasteiger partial charge in [-0.3, -0.25) is 0 Å². The van der Waals surface area contributed by atoms with E-state index in [1.54, 1.807) is 6.08 Å². The Morgan fingerprint density at radius 3 is 1.70 bits per heavy atom. The molecule has 0 heterocycles. The van der Waals surface area contributed by atoms with Gasteiger partial charge in [-0.1, -0.05) is 6.08 Å². The smallest absolute Gasteiger partial charge is 0.0858 e. The van der Waals surface area contributed by atoms with E-state index in [0.717, 1.165) is 4.48 Å². The minimum absolute atomic E-state index is 0.431. The largest absolute Gasteiger partial charge is 0.333 e. The van der Waals surface area contributed by atoms with E-state index in [-0.39, 0.29) is 0 Å². The van der Waals surface area contributed by atoms with Gasteiger partial charge in [-0.25, -0.2) is 5.90 Å². The van der Waals surface area contributed by atoms with Crippen LogP contribution in [0.15, 0.2) is 12.7 Å². The van der Waals surface area contributed by atoms with E-state index in [0.29, 0.717) is 6.61 Å². The zero-order chi connectivity index (χ0) is 8.62. The van der Waals surface area contributed by atoms with Gasteiger partial charge in [-0.2, -0.15) is 0 Å². The lowest BCUT2D eigenvalue weighted by atomic mass is 10.7. The van der Waals surface area contributed by atoms with Gasteiger partial charge in [0.15, 0.2) is 0 Å². The summed E-state index contributed by atoms with van der Waals surface area (Å²) >= 11 is 0. The molecule has 0 radical (unpaired) electrons. The van der Waals surface area contributed by atoms with Crippen LogP contribution in [0.4, 0.5) is 0 Å². The maximum atomic E-state index is 4.57. The molecule has 0 amide bonds. The topological polar surface area (TPSA) is 35.2 Å². The molecule has 0 aliphatic rings. The number of hydrogen-bond donors (Lipinski definition) is 1. The van der Waals surface area contributed by atoms with Gasteiger partial charge >= 0.3 is 0 Å². The van der Waals surface area contributed by atoms with Crippen molar-refractivity contribution in [2.45, 2.75) is 0 Å². The minimum Gasteiger partial charge on any atom is -0.333 e. The molecule has 0 aliphatic heterocycles. The Balaban J connectivity index is 0. The number of nitrogens with zero attached hydrogens (tertiary/aromatic N) is 1. The fourth-order valence-corrected chi connectivity index (χ4v) is 0.0680. The predicted octanol–water partition coefficient (Wildman–Crippen LogP) is 0.385. The van der Waals surface area contributed by atoms with Gasteiger partial charge in [-0.05, 0) is 0 Å². The maximum Gasteiger partial charge on any atom is 0.0858 e. The predicted molar refractivity (Wildman–Crippen MR) is 44.3 cm³/mol. The number of hydrogen-bond acceptors (Lipinski definition) is 2. The lowest BCUT2D eigenvalue weighted by Crippen LogP contribution is -2.27. The van der Waals surface area contributed by atoms with Crippen molar-refractivity contribution in [2.24, 2.45) is 5.90 Å². The summed E-state index contributed by atoms with van der Waals surface area (Å²) in [4.78, 5) is 4.07. The zero-order valence-corrected chi connectivity index (χ0v) is 7.42. The Labute approximate surface area is 63.6 Å². The SMILES string of the molecule is C=CCON.C[N+](C)(C)C. The van der Waals surface area contributed by atoms with Crippen LogP contribution < -0.4 is 5.90 Å². The monoisotopic (exact) mass is 147 g/mol. The van der Waals surface area contributed by atoms with Crippen molar-refractivity contribution < 1.29 is 9.32 Å². The average Bonchev–Trinajstić information content (AvgIpc) is 1.63. The van der Waals surface area contributed by atoms with Crippen LogP contribution in [0.2, 0.25) is 0 Å². The number of rotatable bonds is 2. The van der Waals surface area contributed by atoms with E-state index in [1.807, 2.05) is 0 Å². The summed E-state index contributed by atoms with van der Waals surface area (Å²) in [5.74, 6) is 4.57. The first-order valence-corrected chi connectivity index (χ1v) is 3.13. The molecule has 0 saturated heterocycles. The fraction of sp³-hybridized carbons (Fsp3) is 0.714. The second kappa shape index (κ2) is 6.74. The van der Waals surface area contributed by atoms with Gasteiger partial charge < -0.3 is 9.32 Å². The second-order valence-electron chi connectivity index (χ2n) is 3.31. The summed E-state index contributed by atoms with van der Waals surface area (Å²) < 4.78 is 1.00. The third kappa shape index (κ3) is 127. The summed E-state index contributed by atoms with van der Waals surface area (Å²) in [5, 5.41) is 0. The van der Waals surface area contributed by atoms with Crippen molar-refractivity contribution in [2.75, 3.05) is 34.8 Å². The molecule has 10 heavy (non-hydrogen) atoms. The third-order valence-corrected chi connectivity index (χ3v) is 0.214. The number of nitrogens with two attached hydrogens (primary N) is 1. The van der Waals surface area contributed by atoms with Gasteiger partial charge in [0.05, 0.1) is 34.8 Å². The van der Waals surface area contributed by atoms with Crippen molar-refractivity contribution in [3.05, 3.63) is 12.7 Å². The summed E-state index contributed by atoms with van der Waals surface area (Å²) in [6, 6.07) is 0. The molecule has 3 nitrogen and oxygen atoms in total. The van der Waals surface area contributed by atoms with Crippen LogP contribution in [-0.2, 0) is 4.84 Å². The van der Waals surface area contributed by atoms with Crippen LogP contribution in [0.25, 0.3) is 0 Å². The van der Waals surface area contributed by atoms with Crippen LogP contribution in [0.5, 0.6) is 0 Å². The third-order valence-electron chi connectivity index (χ3n) is 0.214. The number of quaternary nitrogens is 1. The molecule has 62 valence electrons. The molecular weight excluding hydrogens is 128 g/mol. The van der Waals surface area contributed by atoms with E-state index >= 15 is 0 Å². The molecule has 0 saturated carbocycles. The van der Waals surface area contributed by atoms with Crippen LogP contribution in [-0.4, -0.2) is 39.3 Å². The molecule has 0 bridgehead atoms. The molecule has 2 N–H and O–H groups in total. The van der Waals surface area contributed by atoms with Crippen molar-refractivity contribution in [3.8, 4) is 0 Å². The molecule has 0 atom stereocenters. The quantitative estimate of drug-likeness (QED) is 0.348. The van der Waals surface area contributed by atoms with E-state index < -0.39 is 0 Å². The van der Waals surface area contributed by atoms with Crippen LogP contribution in [0, 0.1) is 0 Å². The highest BCUT2D eigenvalue weighted by atomic mass is 16.6. The lowest BCUT2D eigenvalue weighted by Gasteiger charge is -2.14. The molecule has 0 aromatic heterocycles. The van der Waals surface area contributed by atoms with E-state index in [4.69, 9.17) is 0 Å². The Morgan fingerprint density at radius 2 is 1.70 bits per heavy atom. The van der Waals surface area contributed by atoms with Gasteiger partial charge in [0.25, 0.3) is 0 Å². The molecule has 0 aromatic carbocycles. The highest BCUT2D eigenvalue weighted by Gasteiger charge is 1.88. The van der Waals surface area contributed by atoms with Crippen molar-refractivity contribution in [3.63, 3.8) is 0 Å². The van der Waals surface area contributed by atoms with Gasteiger partial charge in [-0.15, -0.1) is 6.58 Å². The van der Waals surface area contributed by atoms with Crippen molar-refractivity contribution >= 4 is 0 Å². The van der Waals surface area contributed by atoms with E-state index in [9.17, 15) is 0 Å². The lowest BCUT2D eigenvalue weighted by molar-refractivity contribution is -0.849. The highest BCUT2D eigenvalue weighted by molar-refractivity contribution is 4.62. The minimum atomic E-state index is 0.431. The second-order valence-corrected chi connectivity index (χ2v) is 3.31. The van der Waals surface area contributed by atoms with E-state index in [1.165, 1.54) is 0 Å². The highest BCUT2D eigenvalue weighted by Crippen LogP contribution is 1.73. The first-order valence-electron chi connectivity index (χ1n) is 3.13. The van der Waals surface area contributed by atoms with Gasteiger partial charge in [0.1, 0.15) is 0 Å². The van der Waals surface area contributed by atoms with Crippen LogP contribution in [0.3, 0.4) is 0 Å². The van der Waals surface area contributed by atoms with Crippen molar-refractivity contribution in [1.29, 1.82) is 0 Å². The summed E-state index contributed by atoms with van der Waals surface area (Å²) in [6.07, 6.45) is 1.58. The molecule has 0 fully saturated rings. The standard InChI is InChI=1S/C4H12N.C3H7NO/c1-5(2,3)4;1-2-3-5-4/h1-4H3;2H,1,3-4H2/q+1;. The molecule has 0 aromatic rings. The summed E-state index contributed by atoms with van der Waals surface area (Å²) in [5.41, 5.74) is 0. The Kier molecular flexibility index (Phi) is 8.29. The molecule has 0 aliphatic carbocycles. The Bertz CT molecular complexity index is 70.2. The normalized spacial score (nSPS) is 9.70. The first kappa shape index (κ1) is 12.3. The van der Waals surface area contributed by atoms with Crippen LogP contribution in [0.1, 0.15) is 0 Å². The molecular formula is C7H19N2O+. The first-order chi connectivity index (χ1) is 4.41. The zero-order valence-electron chi connectivity index (χ0n) is 7.42. The molecule has 0 spiro atoms. The van der Waals surface area contributed by atoms with Gasteiger partial charge in [0, 0.05) is 0 Å².